The molecule has 8 nitrogen and oxygen atoms in total. The monoisotopic (exact) mass is 485 g/mol. The van der Waals surface area contributed by atoms with E-state index in [-0.39, 0.29) is 23.3 Å². The van der Waals surface area contributed by atoms with Crippen molar-refractivity contribution in [1.82, 2.24) is 4.31 Å². The van der Waals surface area contributed by atoms with Crippen LogP contribution in [0.3, 0.4) is 0 Å². The number of carbonyl (C=O) groups is 2. The summed E-state index contributed by atoms with van der Waals surface area (Å²) in [5.41, 5.74) is 2.86. The van der Waals surface area contributed by atoms with Crippen molar-refractivity contribution in [2.24, 2.45) is 5.92 Å². The van der Waals surface area contributed by atoms with Crippen molar-refractivity contribution in [3.8, 4) is 5.75 Å². The Balaban J connectivity index is 1.58. The highest BCUT2D eigenvalue weighted by atomic mass is 32.2. The van der Waals surface area contributed by atoms with Gasteiger partial charge in [-0.05, 0) is 69.9 Å². The minimum absolute atomic E-state index is 0.0602. The van der Waals surface area contributed by atoms with Gasteiger partial charge in [0.15, 0.2) is 6.10 Å². The molecule has 2 heterocycles. The second-order valence-electron chi connectivity index (χ2n) is 8.99. The predicted molar refractivity (Wildman–Crippen MR) is 131 cm³/mol. The summed E-state index contributed by atoms with van der Waals surface area (Å²) in [6, 6.07) is 10.9. The van der Waals surface area contributed by atoms with E-state index in [0.29, 0.717) is 42.9 Å². The zero-order valence-electron chi connectivity index (χ0n) is 20.0. The van der Waals surface area contributed by atoms with Gasteiger partial charge in [0.1, 0.15) is 5.75 Å². The van der Waals surface area contributed by atoms with Crippen molar-refractivity contribution >= 4 is 33.2 Å². The normalized spacial score (nSPS) is 20.8. The SMILES string of the molecule is CCN(C(=O)[C@@H]1CCCN(S(=O)(=O)c2cc3c(cc2C)NC(=O)[C@@H](C)O3)C1)c1cccc(C)c1. The molecule has 0 saturated carbocycles. The van der Waals surface area contributed by atoms with Crippen LogP contribution in [0.4, 0.5) is 11.4 Å². The van der Waals surface area contributed by atoms with Gasteiger partial charge in [0.05, 0.1) is 16.5 Å². The number of carbonyl (C=O) groups excluding carboxylic acids is 2. The number of benzene rings is 2. The fourth-order valence-electron chi connectivity index (χ4n) is 4.60. The summed E-state index contributed by atoms with van der Waals surface area (Å²) in [5, 5.41) is 2.75. The molecular weight excluding hydrogens is 454 g/mol. The van der Waals surface area contributed by atoms with Crippen LogP contribution in [-0.4, -0.2) is 50.3 Å². The number of anilines is 2. The van der Waals surface area contributed by atoms with Gasteiger partial charge in [0, 0.05) is 31.4 Å². The van der Waals surface area contributed by atoms with E-state index in [1.807, 2.05) is 38.1 Å². The van der Waals surface area contributed by atoms with E-state index in [9.17, 15) is 18.0 Å². The number of amides is 2. The lowest BCUT2D eigenvalue weighted by molar-refractivity contribution is -0.123. The molecule has 34 heavy (non-hydrogen) atoms. The second kappa shape index (κ2) is 9.38. The molecule has 2 aromatic carbocycles. The molecule has 0 radical (unpaired) electrons. The summed E-state index contributed by atoms with van der Waals surface area (Å²) in [6.45, 7) is 8.21. The Kier molecular flexibility index (Phi) is 6.69. The Hall–Kier alpha value is -2.91. The summed E-state index contributed by atoms with van der Waals surface area (Å²) in [7, 11) is -3.86. The van der Waals surface area contributed by atoms with Crippen LogP contribution in [0, 0.1) is 19.8 Å². The van der Waals surface area contributed by atoms with Crippen LogP contribution in [0.5, 0.6) is 5.75 Å². The lowest BCUT2D eigenvalue weighted by Crippen LogP contribution is -2.47. The third-order valence-electron chi connectivity index (χ3n) is 6.45. The molecule has 182 valence electrons. The quantitative estimate of drug-likeness (QED) is 0.700. The third-order valence-corrected chi connectivity index (χ3v) is 8.46. The van der Waals surface area contributed by atoms with Gasteiger partial charge in [-0.1, -0.05) is 12.1 Å². The van der Waals surface area contributed by atoms with Crippen LogP contribution in [0.1, 0.15) is 37.8 Å². The van der Waals surface area contributed by atoms with E-state index < -0.39 is 22.0 Å². The van der Waals surface area contributed by atoms with E-state index in [1.54, 1.807) is 24.8 Å². The highest BCUT2D eigenvalue weighted by Gasteiger charge is 2.37. The minimum atomic E-state index is -3.86. The Labute approximate surface area is 200 Å². The standard InChI is InChI=1S/C25H31N3O5S/c1-5-28(20-10-6-8-16(2)12-20)25(30)19-9-7-11-27(15-19)34(31,32)23-14-22-21(13-17(23)3)26-24(29)18(4)33-22/h6,8,10,12-14,18-19H,5,7,9,11,15H2,1-4H3,(H,26,29)/t18-,19-/m1/s1. The van der Waals surface area contributed by atoms with Crippen molar-refractivity contribution in [3.63, 3.8) is 0 Å². The lowest BCUT2D eigenvalue weighted by atomic mass is 9.97. The molecule has 2 aromatic rings. The first-order chi connectivity index (χ1) is 16.1. The van der Waals surface area contributed by atoms with Gasteiger partial charge in [-0.3, -0.25) is 9.59 Å². The van der Waals surface area contributed by atoms with E-state index >= 15 is 0 Å². The fourth-order valence-corrected chi connectivity index (χ4v) is 6.35. The number of nitrogens with zero attached hydrogens (tertiary/aromatic N) is 2. The highest BCUT2D eigenvalue weighted by Crippen LogP contribution is 2.36. The van der Waals surface area contributed by atoms with E-state index in [4.69, 9.17) is 4.74 Å². The molecule has 0 aromatic heterocycles. The van der Waals surface area contributed by atoms with Gasteiger partial charge in [-0.2, -0.15) is 4.31 Å². The van der Waals surface area contributed by atoms with Crippen LogP contribution >= 0.6 is 0 Å². The number of rotatable bonds is 5. The van der Waals surface area contributed by atoms with E-state index in [2.05, 4.69) is 5.32 Å². The topological polar surface area (TPSA) is 96.0 Å². The Morgan fingerprint density at radius 1 is 1.24 bits per heavy atom. The summed E-state index contributed by atoms with van der Waals surface area (Å²) in [5.74, 6) is -0.418. The molecule has 2 aliphatic rings. The largest absolute Gasteiger partial charge is 0.479 e. The zero-order chi connectivity index (χ0) is 24.6. The van der Waals surface area contributed by atoms with Crippen LogP contribution in [0.25, 0.3) is 0 Å². The van der Waals surface area contributed by atoms with Crippen LogP contribution < -0.4 is 15.0 Å². The molecule has 1 fully saturated rings. The average Bonchev–Trinajstić information content (AvgIpc) is 2.80. The van der Waals surface area contributed by atoms with Crippen molar-refractivity contribution in [2.45, 2.75) is 51.5 Å². The summed E-state index contributed by atoms with van der Waals surface area (Å²) in [6.07, 6.45) is 0.543. The number of aryl methyl sites for hydroxylation is 2. The molecule has 0 aliphatic carbocycles. The molecule has 2 amide bonds. The minimum Gasteiger partial charge on any atom is -0.479 e. The summed E-state index contributed by atoms with van der Waals surface area (Å²) < 4.78 is 34.3. The number of fused-ring (bicyclic) bond motifs is 1. The first-order valence-electron chi connectivity index (χ1n) is 11.6. The molecular formula is C25H31N3O5S. The van der Waals surface area contributed by atoms with E-state index in [1.165, 1.54) is 10.4 Å². The molecule has 0 spiro atoms. The lowest BCUT2D eigenvalue weighted by Gasteiger charge is -2.34. The van der Waals surface area contributed by atoms with Gasteiger partial charge in [0.25, 0.3) is 5.91 Å². The number of nitrogens with one attached hydrogen (secondary N) is 1. The van der Waals surface area contributed by atoms with Gasteiger partial charge in [-0.15, -0.1) is 0 Å². The highest BCUT2D eigenvalue weighted by molar-refractivity contribution is 7.89. The predicted octanol–water partition coefficient (Wildman–Crippen LogP) is 3.48. The summed E-state index contributed by atoms with van der Waals surface area (Å²) in [4.78, 5) is 27.2. The maximum atomic E-state index is 13.6. The van der Waals surface area contributed by atoms with Gasteiger partial charge >= 0.3 is 0 Å². The van der Waals surface area contributed by atoms with Crippen LogP contribution in [0.15, 0.2) is 41.3 Å². The first kappa shape index (κ1) is 24.2. The number of hydrogen-bond acceptors (Lipinski definition) is 5. The molecule has 0 unspecified atom stereocenters. The van der Waals surface area contributed by atoms with Gasteiger partial charge < -0.3 is 15.0 Å². The number of hydrogen-bond donors (Lipinski definition) is 1. The first-order valence-corrected chi connectivity index (χ1v) is 13.1. The molecule has 4 rings (SSSR count). The fraction of sp³-hybridized carbons (Fsp3) is 0.440. The van der Waals surface area contributed by atoms with Crippen molar-refractivity contribution in [3.05, 3.63) is 47.5 Å². The number of ether oxygens (including phenoxy) is 1. The average molecular weight is 486 g/mol. The van der Waals surface area contributed by atoms with Crippen molar-refractivity contribution in [2.75, 3.05) is 29.9 Å². The molecule has 2 aliphatic heterocycles. The molecule has 1 N–H and O–H groups in total. The zero-order valence-corrected chi connectivity index (χ0v) is 20.8. The van der Waals surface area contributed by atoms with E-state index in [0.717, 1.165) is 11.3 Å². The van der Waals surface area contributed by atoms with Gasteiger partial charge in [0.2, 0.25) is 15.9 Å². The van der Waals surface area contributed by atoms with Crippen molar-refractivity contribution < 1.29 is 22.7 Å². The summed E-state index contributed by atoms with van der Waals surface area (Å²) >= 11 is 0. The van der Waals surface area contributed by atoms with Crippen molar-refractivity contribution in [1.29, 1.82) is 0 Å². The Bertz CT molecular complexity index is 1230. The Morgan fingerprint density at radius 2 is 2.00 bits per heavy atom. The second-order valence-corrected chi connectivity index (χ2v) is 10.9. The van der Waals surface area contributed by atoms with Crippen LogP contribution in [0.2, 0.25) is 0 Å². The maximum Gasteiger partial charge on any atom is 0.265 e. The number of sulfonamides is 1. The molecule has 0 bridgehead atoms. The molecule has 1 saturated heterocycles. The molecule has 9 heteroatoms. The van der Waals surface area contributed by atoms with Crippen LogP contribution in [-0.2, 0) is 19.6 Å². The maximum absolute atomic E-state index is 13.6. The molecule has 2 atom stereocenters. The Morgan fingerprint density at radius 3 is 2.71 bits per heavy atom. The van der Waals surface area contributed by atoms with Gasteiger partial charge in [-0.25, -0.2) is 8.42 Å². The smallest absolute Gasteiger partial charge is 0.265 e. The third kappa shape index (κ3) is 4.54. The number of piperidine rings is 1.